The number of nitrogens with zero attached hydrogens (tertiary/aromatic N) is 2. The molecule has 0 aliphatic heterocycles. The second-order valence-electron chi connectivity index (χ2n) is 8.81. The number of para-hydroxylation sites is 1. The molecule has 7 nitrogen and oxygen atoms in total. The van der Waals surface area contributed by atoms with Gasteiger partial charge in [-0.15, -0.1) is 0 Å². The van der Waals surface area contributed by atoms with Crippen LogP contribution in [-0.2, 0) is 10.2 Å². The molecule has 0 saturated carbocycles. The van der Waals surface area contributed by atoms with E-state index in [4.69, 9.17) is 14.0 Å². The van der Waals surface area contributed by atoms with E-state index in [1.165, 1.54) is 5.56 Å². The van der Waals surface area contributed by atoms with Gasteiger partial charge >= 0.3 is 0 Å². The molecule has 4 rings (SSSR count). The Bertz CT molecular complexity index is 1260. The number of anilines is 1. The summed E-state index contributed by atoms with van der Waals surface area (Å²) >= 11 is 0. The standard InChI is InChI=1S/C27H27N3O4/c1-27(2,3)19-11-15-21(16-12-19)33-17-24(31)28-23-8-6-5-7-22(23)26-29-25(30-34-26)18-9-13-20(32-4)14-10-18/h5-16H,17H2,1-4H3,(H,28,31). The predicted octanol–water partition coefficient (Wildman–Crippen LogP) is 5.73. The minimum absolute atomic E-state index is 0.0571. The Morgan fingerprint density at radius 3 is 2.29 bits per heavy atom. The van der Waals surface area contributed by atoms with Crippen molar-refractivity contribution in [1.82, 2.24) is 10.1 Å². The number of carbonyl (C=O) groups is 1. The Kier molecular flexibility index (Phi) is 6.63. The fourth-order valence-electron chi connectivity index (χ4n) is 3.36. The first-order valence-electron chi connectivity index (χ1n) is 10.9. The fraction of sp³-hybridized carbons (Fsp3) is 0.222. The Morgan fingerprint density at radius 1 is 0.941 bits per heavy atom. The Labute approximate surface area is 198 Å². The molecule has 0 radical (unpaired) electrons. The number of hydrogen-bond donors (Lipinski definition) is 1. The van der Waals surface area contributed by atoms with Crippen molar-refractivity contribution in [1.29, 1.82) is 0 Å². The summed E-state index contributed by atoms with van der Waals surface area (Å²) in [6, 6.07) is 22.4. The van der Waals surface area contributed by atoms with Crippen LogP contribution in [0.1, 0.15) is 26.3 Å². The first-order chi connectivity index (χ1) is 16.3. The first kappa shape index (κ1) is 23.0. The van der Waals surface area contributed by atoms with Crippen LogP contribution in [0.4, 0.5) is 5.69 Å². The van der Waals surface area contributed by atoms with Crippen LogP contribution in [0.2, 0.25) is 0 Å². The van der Waals surface area contributed by atoms with Crippen LogP contribution >= 0.6 is 0 Å². The summed E-state index contributed by atoms with van der Waals surface area (Å²) in [5, 5.41) is 6.95. The lowest BCUT2D eigenvalue weighted by Crippen LogP contribution is -2.20. The van der Waals surface area contributed by atoms with Crippen molar-refractivity contribution in [2.75, 3.05) is 19.0 Å². The van der Waals surface area contributed by atoms with E-state index in [-0.39, 0.29) is 17.9 Å². The number of nitrogens with one attached hydrogen (secondary N) is 1. The number of benzene rings is 3. The number of hydrogen-bond acceptors (Lipinski definition) is 6. The van der Waals surface area contributed by atoms with Gasteiger partial charge in [0.2, 0.25) is 5.82 Å². The quantitative estimate of drug-likeness (QED) is 0.382. The predicted molar refractivity (Wildman–Crippen MR) is 131 cm³/mol. The molecular weight excluding hydrogens is 430 g/mol. The third-order valence-corrected chi connectivity index (χ3v) is 5.30. The molecule has 3 aromatic carbocycles. The maximum absolute atomic E-state index is 12.6. The lowest BCUT2D eigenvalue weighted by atomic mass is 9.87. The number of ether oxygens (including phenoxy) is 2. The van der Waals surface area contributed by atoms with Gasteiger partial charge in [-0.2, -0.15) is 4.98 Å². The van der Waals surface area contributed by atoms with Crippen molar-refractivity contribution >= 4 is 11.6 Å². The smallest absolute Gasteiger partial charge is 0.262 e. The summed E-state index contributed by atoms with van der Waals surface area (Å²) in [6.45, 7) is 6.33. The maximum Gasteiger partial charge on any atom is 0.262 e. The fourth-order valence-corrected chi connectivity index (χ4v) is 3.36. The van der Waals surface area contributed by atoms with Crippen molar-refractivity contribution < 1.29 is 18.8 Å². The lowest BCUT2D eigenvalue weighted by Gasteiger charge is -2.19. The van der Waals surface area contributed by atoms with Crippen molar-refractivity contribution in [3.63, 3.8) is 0 Å². The molecule has 0 aliphatic carbocycles. The topological polar surface area (TPSA) is 86.5 Å². The molecule has 1 aromatic heterocycles. The van der Waals surface area contributed by atoms with Gasteiger partial charge in [-0.25, -0.2) is 0 Å². The van der Waals surface area contributed by atoms with Gasteiger partial charge in [0.1, 0.15) is 11.5 Å². The van der Waals surface area contributed by atoms with Crippen LogP contribution in [0.15, 0.2) is 77.3 Å². The summed E-state index contributed by atoms with van der Waals surface area (Å²) in [5.74, 6) is 1.84. The monoisotopic (exact) mass is 457 g/mol. The van der Waals surface area contributed by atoms with Gasteiger partial charge in [0.25, 0.3) is 11.8 Å². The summed E-state index contributed by atoms with van der Waals surface area (Å²) in [6.07, 6.45) is 0. The third-order valence-electron chi connectivity index (χ3n) is 5.30. The average molecular weight is 458 g/mol. The largest absolute Gasteiger partial charge is 0.497 e. The van der Waals surface area contributed by atoms with Crippen molar-refractivity contribution in [3.8, 4) is 34.3 Å². The molecule has 0 atom stereocenters. The average Bonchev–Trinajstić information content (AvgIpc) is 3.33. The zero-order valence-corrected chi connectivity index (χ0v) is 19.7. The lowest BCUT2D eigenvalue weighted by molar-refractivity contribution is -0.118. The third kappa shape index (κ3) is 5.43. The minimum Gasteiger partial charge on any atom is -0.497 e. The van der Waals surface area contributed by atoms with Gasteiger partial charge in [-0.05, 0) is 59.5 Å². The van der Waals surface area contributed by atoms with E-state index in [2.05, 4.69) is 36.2 Å². The molecule has 4 aromatic rings. The van der Waals surface area contributed by atoms with Gasteiger partial charge < -0.3 is 19.3 Å². The highest BCUT2D eigenvalue weighted by molar-refractivity contribution is 5.95. The minimum atomic E-state index is -0.290. The highest BCUT2D eigenvalue weighted by Crippen LogP contribution is 2.29. The molecule has 1 N–H and O–H groups in total. The van der Waals surface area contributed by atoms with E-state index in [1.54, 1.807) is 13.2 Å². The Balaban J connectivity index is 1.43. The van der Waals surface area contributed by atoms with Gasteiger partial charge in [0.15, 0.2) is 6.61 Å². The van der Waals surface area contributed by atoms with E-state index in [0.717, 1.165) is 11.3 Å². The van der Waals surface area contributed by atoms with Crippen LogP contribution in [0.5, 0.6) is 11.5 Å². The zero-order valence-electron chi connectivity index (χ0n) is 19.7. The summed E-state index contributed by atoms with van der Waals surface area (Å²) in [4.78, 5) is 17.1. The number of aromatic nitrogens is 2. The zero-order chi connectivity index (χ0) is 24.1. The highest BCUT2D eigenvalue weighted by Gasteiger charge is 2.16. The van der Waals surface area contributed by atoms with Gasteiger partial charge in [0.05, 0.1) is 18.4 Å². The number of methoxy groups -OCH3 is 1. The van der Waals surface area contributed by atoms with Gasteiger partial charge in [0, 0.05) is 5.56 Å². The van der Waals surface area contributed by atoms with Crippen molar-refractivity contribution in [2.45, 2.75) is 26.2 Å². The molecule has 0 unspecified atom stereocenters. The summed E-state index contributed by atoms with van der Waals surface area (Å²) in [5.41, 5.74) is 3.23. The second kappa shape index (κ2) is 9.79. The van der Waals surface area contributed by atoms with E-state index >= 15 is 0 Å². The molecule has 34 heavy (non-hydrogen) atoms. The van der Waals surface area contributed by atoms with E-state index in [9.17, 15) is 4.79 Å². The highest BCUT2D eigenvalue weighted by atomic mass is 16.5. The van der Waals surface area contributed by atoms with E-state index < -0.39 is 0 Å². The van der Waals surface area contributed by atoms with Gasteiger partial charge in [-0.1, -0.05) is 50.2 Å². The molecule has 1 amide bonds. The number of rotatable bonds is 7. The van der Waals surface area contributed by atoms with Crippen LogP contribution in [0, 0.1) is 0 Å². The molecule has 0 aliphatic rings. The molecule has 0 fully saturated rings. The molecule has 0 bridgehead atoms. The van der Waals surface area contributed by atoms with E-state index in [0.29, 0.717) is 28.7 Å². The molecule has 174 valence electrons. The van der Waals surface area contributed by atoms with Crippen LogP contribution in [-0.4, -0.2) is 29.8 Å². The Hall–Kier alpha value is -4.13. The van der Waals surface area contributed by atoms with Crippen LogP contribution in [0.25, 0.3) is 22.8 Å². The van der Waals surface area contributed by atoms with Crippen molar-refractivity contribution in [2.24, 2.45) is 0 Å². The molecular formula is C27H27N3O4. The molecule has 7 heteroatoms. The van der Waals surface area contributed by atoms with Crippen LogP contribution in [0.3, 0.4) is 0 Å². The normalized spacial score (nSPS) is 11.2. The van der Waals surface area contributed by atoms with Gasteiger partial charge in [-0.3, -0.25) is 4.79 Å². The number of carbonyl (C=O) groups excluding carboxylic acids is 1. The van der Waals surface area contributed by atoms with Crippen LogP contribution < -0.4 is 14.8 Å². The van der Waals surface area contributed by atoms with E-state index in [1.807, 2.05) is 66.7 Å². The molecule has 1 heterocycles. The van der Waals surface area contributed by atoms with Crippen molar-refractivity contribution in [3.05, 3.63) is 78.4 Å². The SMILES string of the molecule is COc1ccc(-c2noc(-c3ccccc3NC(=O)COc3ccc(C(C)(C)C)cc3)n2)cc1. The maximum atomic E-state index is 12.6. The first-order valence-corrected chi connectivity index (χ1v) is 10.9. The number of amides is 1. The second-order valence-corrected chi connectivity index (χ2v) is 8.81. The Morgan fingerprint density at radius 2 is 1.62 bits per heavy atom. The summed E-state index contributed by atoms with van der Waals surface area (Å²) < 4.78 is 16.3. The summed E-state index contributed by atoms with van der Waals surface area (Å²) in [7, 11) is 1.61. The molecule has 0 spiro atoms. The molecule has 0 saturated heterocycles.